The van der Waals surface area contributed by atoms with Crippen LogP contribution in [0.25, 0.3) is 0 Å². The fraction of sp³-hybridized carbons (Fsp3) is 0.200. The van der Waals surface area contributed by atoms with E-state index in [1.807, 2.05) is 13.0 Å². The Kier molecular flexibility index (Phi) is 4.56. The third-order valence-corrected chi connectivity index (χ3v) is 3.38. The van der Waals surface area contributed by atoms with Gasteiger partial charge in [-0.3, -0.25) is 0 Å². The number of halogens is 2. The Labute approximate surface area is 120 Å². The molecule has 0 fully saturated rings. The number of hydrogen-bond donors (Lipinski definition) is 1. The van der Waals surface area contributed by atoms with Gasteiger partial charge >= 0.3 is 0 Å². The van der Waals surface area contributed by atoms with Crippen LogP contribution in [0.2, 0.25) is 0 Å². The van der Waals surface area contributed by atoms with Crippen LogP contribution in [-0.4, -0.2) is 5.11 Å². The van der Waals surface area contributed by atoms with Crippen LogP contribution < -0.4 is 4.74 Å². The molecule has 0 aromatic heterocycles. The number of aliphatic hydroxyl groups excluding tert-OH is 1. The second kappa shape index (κ2) is 6.17. The molecule has 0 radical (unpaired) electrons. The molecule has 1 N–H and O–H groups in total. The van der Waals surface area contributed by atoms with Gasteiger partial charge in [0.25, 0.3) is 0 Å². The second-order valence-corrected chi connectivity index (χ2v) is 5.19. The van der Waals surface area contributed by atoms with E-state index in [9.17, 15) is 9.50 Å². The Hall–Kier alpha value is -1.39. The van der Waals surface area contributed by atoms with Crippen molar-refractivity contribution in [3.8, 4) is 5.75 Å². The highest BCUT2D eigenvalue weighted by Crippen LogP contribution is 2.24. The van der Waals surface area contributed by atoms with E-state index < -0.39 is 0 Å². The maximum absolute atomic E-state index is 13.2. The summed E-state index contributed by atoms with van der Waals surface area (Å²) in [5.41, 5.74) is 2.47. The third kappa shape index (κ3) is 3.55. The van der Waals surface area contributed by atoms with Crippen LogP contribution >= 0.6 is 15.9 Å². The van der Waals surface area contributed by atoms with Gasteiger partial charge in [0.05, 0.1) is 6.61 Å². The molecule has 0 bridgehead atoms. The minimum Gasteiger partial charge on any atom is -0.489 e. The number of benzene rings is 2. The van der Waals surface area contributed by atoms with Gasteiger partial charge in [0.2, 0.25) is 0 Å². The van der Waals surface area contributed by atoms with Gasteiger partial charge in [-0.1, -0.05) is 22.0 Å². The largest absolute Gasteiger partial charge is 0.489 e. The predicted octanol–water partition coefficient (Wildman–Crippen LogP) is 3.97. The molecular weight excluding hydrogens is 311 g/mol. The first-order chi connectivity index (χ1) is 9.10. The van der Waals surface area contributed by atoms with Crippen molar-refractivity contribution in [1.82, 2.24) is 0 Å². The fourth-order valence-electron chi connectivity index (χ4n) is 1.76. The molecule has 0 aliphatic carbocycles. The zero-order chi connectivity index (χ0) is 13.8. The standard InChI is InChI=1S/C15H14BrFO2/c1-10-2-4-14(17)7-12(10)9-19-15-5-3-13(16)6-11(15)8-18/h2-7,18H,8-9H2,1H3. The van der Waals surface area contributed by atoms with Crippen molar-refractivity contribution in [2.24, 2.45) is 0 Å². The molecule has 2 aromatic rings. The lowest BCUT2D eigenvalue weighted by atomic mass is 10.1. The first kappa shape index (κ1) is 14.0. The van der Waals surface area contributed by atoms with E-state index in [4.69, 9.17) is 4.74 Å². The molecule has 100 valence electrons. The molecule has 0 aliphatic rings. The van der Waals surface area contributed by atoms with Crippen LogP contribution in [0.3, 0.4) is 0 Å². The highest BCUT2D eigenvalue weighted by Gasteiger charge is 2.06. The number of aryl methyl sites for hydroxylation is 1. The second-order valence-electron chi connectivity index (χ2n) is 4.27. The van der Waals surface area contributed by atoms with Crippen LogP contribution in [0.4, 0.5) is 4.39 Å². The van der Waals surface area contributed by atoms with Crippen molar-refractivity contribution < 1.29 is 14.2 Å². The predicted molar refractivity (Wildman–Crippen MR) is 75.5 cm³/mol. The molecule has 2 rings (SSSR count). The summed E-state index contributed by atoms with van der Waals surface area (Å²) in [6.07, 6.45) is 0. The molecule has 0 unspecified atom stereocenters. The normalized spacial score (nSPS) is 10.5. The Morgan fingerprint density at radius 2 is 1.95 bits per heavy atom. The monoisotopic (exact) mass is 324 g/mol. The van der Waals surface area contributed by atoms with Gasteiger partial charge in [-0.15, -0.1) is 0 Å². The molecule has 2 nitrogen and oxygen atoms in total. The van der Waals surface area contributed by atoms with Crippen molar-refractivity contribution in [3.05, 3.63) is 63.4 Å². The van der Waals surface area contributed by atoms with Crippen molar-refractivity contribution in [3.63, 3.8) is 0 Å². The van der Waals surface area contributed by atoms with Crippen molar-refractivity contribution in [2.45, 2.75) is 20.1 Å². The van der Waals surface area contributed by atoms with E-state index in [1.165, 1.54) is 12.1 Å². The first-order valence-electron chi connectivity index (χ1n) is 5.87. The van der Waals surface area contributed by atoms with Crippen LogP contribution in [0.15, 0.2) is 40.9 Å². The van der Waals surface area contributed by atoms with Crippen LogP contribution in [0.1, 0.15) is 16.7 Å². The van der Waals surface area contributed by atoms with Crippen LogP contribution in [0, 0.1) is 12.7 Å². The average Bonchev–Trinajstić information content (AvgIpc) is 2.40. The van der Waals surface area contributed by atoms with E-state index in [0.717, 1.165) is 15.6 Å². The van der Waals surface area contributed by atoms with Crippen molar-refractivity contribution >= 4 is 15.9 Å². The summed E-state index contributed by atoms with van der Waals surface area (Å²) in [6, 6.07) is 10.0. The Balaban J connectivity index is 2.16. The fourth-order valence-corrected chi connectivity index (χ4v) is 2.17. The molecule has 0 saturated heterocycles. The summed E-state index contributed by atoms with van der Waals surface area (Å²) in [4.78, 5) is 0. The van der Waals surface area contributed by atoms with E-state index >= 15 is 0 Å². The van der Waals surface area contributed by atoms with Gasteiger partial charge in [0.1, 0.15) is 18.2 Å². The van der Waals surface area contributed by atoms with Gasteiger partial charge in [-0.05, 0) is 48.4 Å². The Morgan fingerprint density at radius 3 is 2.68 bits per heavy atom. The maximum atomic E-state index is 13.2. The summed E-state index contributed by atoms with van der Waals surface area (Å²) in [5, 5.41) is 9.28. The number of hydrogen-bond acceptors (Lipinski definition) is 2. The molecule has 19 heavy (non-hydrogen) atoms. The maximum Gasteiger partial charge on any atom is 0.125 e. The molecule has 0 saturated carbocycles. The lowest BCUT2D eigenvalue weighted by Crippen LogP contribution is -2.01. The summed E-state index contributed by atoms with van der Waals surface area (Å²) >= 11 is 3.34. The van der Waals surface area contributed by atoms with Gasteiger partial charge in [-0.25, -0.2) is 4.39 Å². The van der Waals surface area contributed by atoms with Gasteiger partial charge < -0.3 is 9.84 Å². The molecule has 0 atom stereocenters. The number of rotatable bonds is 4. The Morgan fingerprint density at radius 1 is 1.16 bits per heavy atom. The van der Waals surface area contributed by atoms with Gasteiger partial charge in [0, 0.05) is 10.0 Å². The molecule has 4 heteroatoms. The number of ether oxygens (including phenoxy) is 1. The van der Waals surface area contributed by atoms with Crippen molar-refractivity contribution in [2.75, 3.05) is 0 Å². The highest BCUT2D eigenvalue weighted by molar-refractivity contribution is 9.10. The Bertz CT molecular complexity index is 584. The van der Waals surface area contributed by atoms with Gasteiger partial charge in [0.15, 0.2) is 0 Å². The van der Waals surface area contributed by atoms with Crippen LogP contribution in [0.5, 0.6) is 5.75 Å². The van der Waals surface area contributed by atoms with Gasteiger partial charge in [-0.2, -0.15) is 0 Å². The smallest absolute Gasteiger partial charge is 0.125 e. The molecule has 0 aliphatic heterocycles. The average molecular weight is 325 g/mol. The molecule has 0 amide bonds. The topological polar surface area (TPSA) is 29.5 Å². The molecule has 2 aromatic carbocycles. The molecule has 0 heterocycles. The van der Waals surface area contributed by atoms with Crippen LogP contribution in [-0.2, 0) is 13.2 Å². The van der Waals surface area contributed by atoms with E-state index in [1.54, 1.807) is 18.2 Å². The quantitative estimate of drug-likeness (QED) is 0.922. The third-order valence-electron chi connectivity index (χ3n) is 2.89. The van der Waals surface area contributed by atoms with E-state index in [0.29, 0.717) is 11.3 Å². The zero-order valence-electron chi connectivity index (χ0n) is 10.5. The number of aliphatic hydroxyl groups is 1. The van der Waals surface area contributed by atoms with Crippen molar-refractivity contribution in [1.29, 1.82) is 0 Å². The highest BCUT2D eigenvalue weighted by atomic mass is 79.9. The lowest BCUT2D eigenvalue weighted by Gasteiger charge is -2.12. The molecule has 0 spiro atoms. The summed E-state index contributed by atoms with van der Waals surface area (Å²) in [7, 11) is 0. The van der Waals surface area contributed by atoms with E-state index in [2.05, 4.69) is 15.9 Å². The summed E-state index contributed by atoms with van der Waals surface area (Å²) in [6.45, 7) is 2.09. The molecular formula is C15H14BrFO2. The summed E-state index contributed by atoms with van der Waals surface area (Å²) in [5.74, 6) is 0.330. The minimum absolute atomic E-state index is 0.100. The van der Waals surface area contributed by atoms with E-state index in [-0.39, 0.29) is 19.0 Å². The summed E-state index contributed by atoms with van der Waals surface area (Å²) < 4.78 is 19.7. The first-order valence-corrected chi connectivity index (χ1v) is 6.66. The SMILES string of the molecule is Cc1ccc(F)cc1COc1ccc(Br)cc1CO. The zero-order valence-corrected chi connectivity index (χ0v) is 12.1. The minimum atomic E-state index is -0.276. The lowest BCUT2D eigenvalue weighted by molar-refractivity contribution is 0.258.